The molecule has 0 atom stereocenters. The van der Waals surface area contributed by atoms with Gasteiger partial charge in [-0.3, -0.25) is 0 Å². The van der Waals surface area contributed by atoms with Gasteiger partial charge in [0.05, 0.1) is 12.1 Å². The fourth-order valence-corrected chi connectivity index (χ4v) is 3.71. The Morgan fingerprint density at radius 3 is 2.46 bits per heavy atom. The summed E-state index contributed by atoms with van der Waals surface area (Å²) in [5.74, 6) is 1.29. The Morgan fingerprint density at radius 2 is 1.77 bits per heavy atom. The van der Waals surface area contributed by atoms with Crippen LogP contribution in [0.3, 0.4) is 0 Å². The first kappa shape index (κ1) is 19.1. The SMILES string of the molecule is COc1cc(CNC2CCCCC2)cc(Cl)c1OCc1ccc(C)cc1. The summed E-state index contributed by atoms with van der Waals surface area (Å²) >= 11 is 6.49. The Labute approximate surface area is 161 Å². The van der Waals surface area contributed by atoms with Crippen LogP contribution in [0.15, 0.2) is 36.4 Å². The van der Waals surface area contributed by atoms with Crippen molar-refractivity contribution < 1.29 is 9.47 Å². The molecular weight excluding hydrogens is 346 g/mol. The van der Waals surface area contributed by atoms with Crippen molar-refractivity contribution in [2.24, 2.45) is 0 Å². The van der Waals surface area contributed by atoms with Crippen LogP contribution >= 0.6 is 11.6 Å². The number of methoxy groups -OCH3 is 1. The third kappa shape index (κ3) is 5.15. The third-order valence-corrected chi connectivity index (χ3v) is 5.27. The molecule has 4 heteroatoms. The average molecular weight is 374 g/mol. The highest BCUT2D eigenvalue weighted by molar-refractivity contribution is 6.32. The standard InChI is InChI=1S/C22H28ClNO2/c1-16-8-10-17(11-9-16)15-26-22-20(23)12-18(13-21(22)25-2)14-24-19-6-4-3-5-7-19/h8-13,19,24H,3-7,14-15H2,1-2H3. The van der Waals surface area contributed by atoms with Crippen LogP contribution in [0.4, 0.5) is 0 Å². The molecule has 0 spiro atoms. The molecule has 2 aromatic rings. The predicted octanol–water partition coefficient (Wildman–Crippen LogP) is 5.66. The van der Waals surface area contributed by atoms with Gasteiger partial charge in [0.2, 0.25) is 0 Å². The van der Waals surface area contributed by atoms with Gasteiger partial charge in [0, 0.05) is 12.6 Å². The predicted molar refractivity (Wildman–Crippen MR) is 107 cm³/mol. The van der Waals surface area contributed by atoms with E-state index < -0.39 is 0 Å². The summed E-state index contributed by atoms with van der Waals surface area (Å²) in [6, 6.07) is 12.9. The van der Waals surface area contributed by atoms with Crippen LogP contribution in [0, 0.1) is 6.92 Å². The highest BCUT2D eigenvalue weighted by Crippen LogP contribution is 2.37. The molecule has 140 valence electrons. The number of benzene rings is 2. The summed E-state index contributed by atoms with van der Waals surface area (Å²) in [6.07, 6.45) is 6.55. The lowest BCUT2D eigenvalue weighted by Gasteiger charge is -2.23. The second-order valence-corrected chi connectivity index (χ2v) is 7.51. The van der Waals surface area contributed by atoms with Crippen molar-refractivity contribution in [3.05, 3.63) is 58.1 Å². The number of ether oxygens (including phenoxy) is 2. The van der Waals surface area contributed by atoms with Crippen LogP contribution in [0.1, 0.15) is 48.8 Å². The highest BCUT2D eigenvalue weighted by atomic mass is 35.5. The maximum absolute atomic E-state index is 6.49. The molecule has 0 amide bonds. The lowest BCUT2D eigenvalue weighted by Crippen LogP contribution is -2.30. The Kier molecular flexibility index (Phi) is 6.81. The van der Waals surface area contributed by atoms with Crippen molar-refractivity contribution >= 4 is 11.6 Å². The number of hydrogen-bond donors (Lipinski definition) is 1. The molecule has 0 bridgehead atoms. The largest absolute Gasteiger partial charge is 0.493 e. The Morgan fingerprint density at radius 1 is 1.04 bits per heavy atom. The second-order valence-electron chi connectivity index (χ2n) is 7.10. The molecular formula is C22H28ClNO2. The molecule has 1 saturated carbocycles. The van der Waals surface area contributed by atoms with E-state index in [-0.39, 0.29) is 0 Å². The Hall–Kier alpha value is -1.71. The van der Waals surface area contributed by atoms with Crippen LogP contribution in [-0.2, 0) is 13.2 Å². The van der Waals surface area contributed by atoms with E-state index in [0.717, 1.165) is 17.7 Å². The topological polar surface area (TPSA) is 30.5 Å². The van der Waals surface area contributed by atoms with Crippen LogP contribution in [-0.4, -0.2) is 13.2 Å². The molecule has 0 heterocycles. The lowest BCUT2D eigenvalue weighted by molar-refractivity contribution is 0.284. The zero-order valence-electron chi connectivity index (χ0n) is 15.7. The molecule has 1 fully saturated rings. The van der Waals surface area contributed by atoms with Crippen molar-refractivity contribution in [2.45, 2.75) is 58.2 Å². The molecule has 1 N–H and O–H groups in total. The third-order valence-electron chi connectivity index (χ3n) is 4.99. The van der Waals surface area contributed by atoms with E-state index in [4.69, 9.17) is 21.1 Å². The van der Waals surface area contributed by atoms with E-state index in [1.165, 1.54) is 37.7 Å². The number of hydrogen-bond acceptors (Lipinski definition) is 3. The Balaban J connectivity index is 1.65. The smallest absolute Gasteiger partial charge is 0.180 e. The van der Waals surface area contributed by atoms with Gasteiger partial charge in [-0.15, -0.1) is 0 Å². The van der Waals surface area contributed by atoms with Crippen LogP contribution in [0.25, 0.3) is 0 Å². The van der Waals surface area contributed by atoms with Crippen LogP contribution < -0.4 is 14.8 Å². The highest BCUT2D eigenvalue weighted by Gasteiger charge is 2.15. The quantitative estimate of drug-likeness (QED) is 0.679. The molecule has 0 aromatic heterocycles. The number of halogens is 1. The van der Waals surface area contributed by atoms with Gasteiger partial charge in [-0.1, -0.05) is 60.7 Å². The summed E-state index contributed by atoms with van der Waals surface area (Å²) in [6.45, 7) is 3.35. The van der Waals surface area contributed by atoms with E-state index in [1.54, 1.807) is 7.11 Å². The monoisotopic (exact) mass is 373 g/mol. The molecule has 2 aromatic carbocycles. The number of nitrogens with one attached hydrogen (secondary N) is 1. The summed E-state index contributed by atoms with van der Waals surface area (Å²) in [4.78, 5) is 0. The summed E-state index contributed by atoms with van der Waals surface area (Å²) in [5.41, 5.74) is 3.47. The molecule has 1 aliphatic carbocycles. The zero-order valence-corrected chi connectivity index (χ0v) is 16.4. The summed E-state index contributed by atoms with van der Waals surface area (Å²) in [5, 5.41) is 4.24. The van der Waals surface area contributed by atoms with E-state index in [2.05, 4.69) is 36.5 Å². The molecule has 0 unspecified atom stereocenters. The van der Waals surface area contributed by atoms with E-state index in [9.17, 15) is 0 Å². The molecule has 26 heavy (non-hydrogen) atoms. The van der Waals surface area contributed by atoms with Gasteiger partial charge in [0.1, 0.15) is 6.61 Å². The molecule has 3 rings (SSSR count). The molecule has 3 nitrogen and oxygen atoms in total. The zero-order chi connectivity index (χ0) is 18.4. The maximum Gasteiger partial charge on any atom is 0.180 e. The number of rotatable bonds is 7. The first-order valence-corrected chi connectivity index (χ1v) is 9.81. The van der Waals surface area contributed by atoms with Gasteiger partial charge >= 0.3 is 0 Å². The first-order valence-electron chi connectivity index (χ1n) is 9.44. The Bertz CT molecular complexity index is 709. The average Bonchev–Trinajstić information content (AvgIpc) is 2.67. The summed E-state index contributed by atoms with van der Waals surface area (Å²) < 4.78 is 11.5. The van der Waals surface area contributed by atoms with Crippen molar-refractivity contribution in [1.82, 2.24) is 5.32 Å². The van der Waals surface area contributed by atoms with Gasteiger partial charge < -0.3 is 14.8 Å². The number of aryl methyl sites for hydroxylation is 1. The minimum absolute atomic E-state index is 0.468. The molecule has 0 radical (unpaired) electrons. The van der Waals surface area contributed by atoms with E-state index in [0.29, 0.717) is 29.2 Å². The van der Waals surface area contributed by atoms with Gasteiger partial charge in [-0.2, -0.15) is 0 Å². The molecule has 1 aliphatic rings. The van der Waals surface area contributed by atoms with Crippen molar-refractivity contribution in [3.63, 3.8) is 0 Å². The lowest BCUT2D eigenvalue weighted by atomic mass is 9.95. The van der Waals surface area contributed by atoms with Crippen molar-refractivity contribution in [3.8, 4) is 11.5 Å². The maximum atomic E-state index is 6.49. The fourth-order valence-electron chi connectivity index (χ4n) is 3.42. The first-order chi connectivity index (χ1) is 12.7. The second kappa shape index (κ2) is 9.29. The minimum atomic E-state index is 0.468. The molecule has 0 aliphatic heterocycles. The summed E-state index contributed by atoms with van der Waals surface area (Å²) in [7, 11) is 1.66. The normalized spacial score (nSPS) is 15.0. The van der Waals surface area contributed by atoms with E-state index in [1.807, 2.05) is 12.1 Å². The van der Waals surface area contributed by atoms with Crippen molar-refractivity contribution in [1.29, 1.82) is 0 Å². The van der Waals surface area contributed by atoms with E-state index >= 15 is 0 Å². The molecule has 0 saturated heterocycles. The van der Waals surface area contributed by atoms with Gasteiger partial charge in [-0.25, -0.2) is 0 Å². The fraction of sp³-hybridized carbons (Fsp3) is 0.455. The van der Waals surface area contributed by atoms with Gasteiger partial charge in [0.25, 0.3) is 0 Å². The minimum Gasteiger partial charge on any atom is -0.493 e. The van der Waals surface area contributed by atoms with Gasteiger partial charge in [-0.05, 0) is 43.0 Å². The van der Waals surface area contributed by atoms with Gasteiger partial charge in [0.15, 0.2) is 11.5 Å². The van der Waals surface area contributed by atoms with Crippen LogP contribution in [0.5, 0.6) is 11.5 Å². The van der Waals surface area contributed by atoms with Crippen LogP contribution in [0.2, 0.25) is 5.02 Å². The van der Waals surface area contributed by atoms with Crippen molar-refractivity contribution in [2.75, 3.05) is 7.11 Å².